The zero-order valence-corrected chi connectivity index (χ0v) is 17.8. The molecule has 2 aromatic heterocycles. The van der Waals surface area contributed by atoms with Gasteiger partial charge in [0.1, 0.15) is 17.5 Å². The summed E-state index contributed by atoms with van der Waals surface area (Å²) in [7, 11) is 0. The van der Waals surface area contributed by atoms with Crippen LogP contribution in [0, 0.1) is 5.82 Å². The molecule has 4 aromatic rings. The Bertz CT molecular complexity index is 1230. The van der Waals surface area contributed by atoms with Crippen molar-refractivity contribution in [3.63, 3.8) is 0 Å². The van der Waals surface area contributed by atoms with E-state index in [0.717, 1.165) is 37.7 Å². The normalized spacial score (nSPS) is 13.5. The highest BCUT2D eigenvalue weighted by atomic mass is 19.1. The quantitative estimate of drug-likeness (QED) is 0.454. The largest absolute Gasteiger partial charge is 0.378 e. The minimum Gasteiger partial charge on any atom is -0.378 e. The lowest BCUT2D eigenvalue weighted by molar-refractivity contribution is 0.122. The van der Waals surface area contributed by atoms with Crippen molar-refractivity contribution < 1.29 is 9.13 Å². The number of ether oxygens (including phenoxy) is 1. The maximum atomic E-state index is 14.1. The highest BCUT2D eigenvalue weighted by Gasteiger charge is 2.11. The van der Waals surface area contributed by atoms with Gasteiger partial charge in [-0.3, -0.25) is 0 Å². The summed E-state index contributed by atoms with van der Waals surface area (Å²) in [6, 6.07) is 18.0. The molecule has 166 valence electrons. The molecular weight excluding hydrogens is 421 g/mol. The van der Waals surface area contributed by atoms with Crippen molar-refractivity contribution >= 4 is 29.0 Å². The van der Waals surface area contributed by atoms with Gasteiger partial charge < -0.3 is 20.3 Å². The molecular formula is C24H22FN7O. The summed E-state index contributed by atoms with van der Waals surface area (Å²) in [5, 5.41) is 6.35. The van der Waals surface area contributed by atoms with Crippen LogP contribution >= 0.6 is 0 Å². The second kappa shape index (κ2) is 9.58. The lowest BCUT2D eigenvalue weighted by Crippen LogP contribution is -2.36. The third-order valence-corrected chi connectivity index (χ3v) is 5.18. The molecule has 1 saturated heterocycles. The second-order valence-electron chi connectivity index (χ2n) is 7.41. The number of rotatable bonds is 6. The van der Waals surface area contributed by atoms with E-state index in [9.17, 15) is 4.39 Å². The Morgan fingerprint density at radius 1 is 0.788 bits per heavy atom. The summed E-state index contributed by atoms with van der Waals surface area (Å²) in [5.41, 5.74) is 2.38. The van der Waals surface area contributed by atoms with Gasteiger partial charge in [0.15, 0.2) is 5.82 Å². The van der Waals surface area contributed by atoms with Crippen LogP contribution in [0.15, 0.2) is 73.1 Å². The van der Waals surface area contributed by atoms with Gasteiger partial charge in [-0.1, -0.05) is 12.1 Å². The Morgan fingerprint density at radius 3 is 2.30 bits per heavy atom. The van der Waals surface area contributed by atoms with Crippen LogP contribution in [-0.4, -0.2) is 46.2 Å². The van der Waals surface area contributed by atoms with Crippen molar-refractivity contribution in [3.8, 4) is 11.4 Å². The molecule has 0 bridgehead atoms. The number of morpholine rings is 1. The lowest BCUT2D eigenvalue weighted by atomic mass is 10.2. The Kier molecular flexibility index (Phi) is 6.03. The average molecular weight is 443 g/mol. The SMILES string of the molecule is Fc1ccccc1-c1nccc(Nc2ccnc(Nc3ccc(N4CCOCC4)cc3)n2)n1. The highest BCUT2D eigenvalue weighted by molar-refractivity contribution is 5.62. The fourth-order valence-electron chi connectivity index (χ4n) is 3.53. The molecule has 1 aliphatic rings. The first kappa shape index (κ1) is 20.8. The summed E-state index contributed by atoms with van der Waals surface area (Å²) < 4.78 is 19.5. The summed E-state index contributed by atoms with van der Waals surface area (Å²) in [4.78, 5) is 19.7. The summed E-state index contributed by atoms with van der Waals surface area (Å²) >= 11 is 0. The van der Waals surface area contributed by atoms with Gasteiger partial charge in [0.05, 0.1) is 18.8 Å². The molecule has 0 amide bonds. The van der Waals surface area contributed by atoms with E-state index in [1.165, 1.54) is 6.07 Å². The van der Waals surface area contributed by atoms with E-state index in [-0.39, 0.29) is 5.82 Å². The maximum absolute atomic E-state index is 14.1. The number of hydrogen-bond donors (Lipinski definition) is 2. The minimum absolute atomic E-state index is 0.297. The van der Waals surface area contributed by atoms with E-state index in [1.807, 2.05) is 12.1 Å². The first-order valence-electron chi connectivity index (χ1n) is 10.6. The molecule has 9 heteroatoms. The van der Waals surface area contributed by atoms with Crippen LogP contribution < -0.4 is 15.5 Å². The Labute approximate surface area is 190 Å². The topological polar surface area (TPSA) is 88.1 Å². The van der Waals surface area contributed by atoms with Crippen molar-refractivity contribution in [3.05, 3.63) is 78.9 Å². The summed E-state index contributed by atoms with van der Waals surface area (Å²) in [5.74, 6) is 1.43. The van der Waals surface area contributed by atoms with Gasteiger partial charge in [-0.15, -0.1) is 0 Å². The van der Waals surface area contributed by atoms with E-state index in [4.69, 9.17) is 4.74 Å². The van der Waals surface area contributed by atoms with Crippen LogP contribution in [0.25, 0.3) is 11.4 Å². The third-order valence-electron chi connectivity index (χ3n) is 5.18. The molecule has 0 spiro atoms. The zero-order chi connectivity index (χ0) is 22.5. The van der Waals surface area contributed by atoms with E-state index in [1.54, 1.807) is 42.7 Å². The second-order valence-corrected chi connectivity index (χ2v) is 7.41. The number of hydrogen-bond acceptors (Lipinski definition) is 8. The van der Waals surface area contributed by atoms with Gasteiger partial charge in [0.25, 0.3) is 0 Å². The Morgan fingerprint density at radius 2 is 1.52 bits per heavy atom. The summed E-state index contributed by atoms with van der Waals surface area (Å²) in [6.45, 7) is 3.29. The number of halogens is 1. The first-order valence-corrected chi connectivity index (χ1v) is 10.6. The molecule has 33 heavy (non-hydrogen) atoms. The molecule has 0 aliphatic carbocycles. The number of anilines is 5. The Balaban J connectivity index is 1.28. The van der Waals surface area contributed by atoms with Crippen molar-refractivity contribution in [1.82, 2.24) is 19.9 Å². The van der Waals surface area contributed by atoms with Crippen LogP contribution in [0.1, 0.15) is 0 Å². The summed E-state index contributed by atoms with van der Waals surface area (Å²) in [6.07, 6.45) is 3.23. The number of nitrogens with zero attached hydrogens (tertiary/aromatic N) is 5. The molecule has 2 aromatic carbocycles. The van der Waals surface area contributed by atoms with E-state index >= 15 is 0 Å². The molecule has 3 heterocycles. The minimum atomic E-state index is -0.372. The van der Waals surface area contributed by atoms with Crippen molar-refractivity contribution in [2.24, 2.45) is 0 Å². The number of aromatic nitrogens is 4. The van der Waals surface area contributed by atoms with Crippen LogP contribution in [-0.2, 0) is 4.74 Å². The van der Waals surface area contributed by atoms with Gasteiger partial charge >= 0.3 is 0 Å². The van der Waals surface area contributed by atoms with Gasteiger partial charge in [0.2, 0.25) is 5.95 Å². The predicted octanol–water partition coefficient (Wildman–Crippen LogP) is 4.40. The van der Waals surface area contributed by atoms with Gasteiger partial charge in [0, 0.05) is 36.9 Å². The van der Waals surface area contributed by atoms with Crippen molar-refractivity contribution in [2.45, 2.75) is 0 Å². The van der Waals surface area contributed by atoms with E-state index in [0.29, 0.717) is 29.0 Å². The van der Waals surface area contributed by atoms with Crippen LogP contribution in [0.5, 0.6) is 0 Å². The fraction of sp³-hybridized carbons (Fsp3) is 0.167. The fourth-order valence-corrected chi connectivity index (χ4v) is 3.53. The van der Waals surface area contributed by atoms with Gasteiger partial charge in [-0.05, 0) is 48.5 Å². The molecule has 1 fully saturated rings. The number of nitrogens with one attached hydrogen (secondary N) is 2. The average Bonchev–Trinajstić information content (AvgIpc) is 2.86. The molecule has 0 radical (unpaired) electrons. The molecule has 5 rings (SSSR count). The number of benzene rings is 2. The highest BCUT2D eigenvalue weighted by Crippen LogP contribution is 2.23. The smallest absolute Gasteiger partial charge is 0.229 e. The monoisotopic (exact) mass is 443 g/mol. The molecule has 0 saturated carbocycles. The van der Waals surface area contributed by atoms with Crippen molar-refractivity contribution in [1.29, 1.82) is 0 Å². The zero-order valence-electron chi connectivity index (χ0n) is 17.8. The van der Waals surface area contributed by atoms with Crippen LogP contribution in [0.4, 0.5) is 33.3 Å². The molecule has 0 unspecified atom stereocenters. The van der Waals surface area contributed by atoms with Crippen molar-refractivity contribution in [2.75, 3.05) is 41.8 Å². The molecule has 1 aliphatic heterocycles. The molecule has 0 atom stereocenters. The maximum Gasteiger partial charge on any atom is 0.229 e. The third kappa shape index (κ3) is 5.04. The lowest BCUT2D eigenvalue weighted by Gasteiger charge is -2.28. The first-order chi connectivity index (χ1) is 16.2. The van der Waals surface area contributed by atoms with Crippen LogP contribution in [0.3, 0.4) is 0 Å². The van der Waals surface area contributed by atoms with E-state index < -0.39 is 0 Å². The standard InChI is InChI=1S/C24H22FN7O/c25-20-4-2-1-3-19(20)23-26-11-9-21(30-23)29-22-10-12-27-24(31-22)28-17-5-7-18(8-6-17)32-13-15-33-16-14-32/h1-12H,13-16H2,(H2,26,27,28,29,30,31). The molecule has 2 N–H and O–H groups in total. The predicted molar refractivity (Wildman–Crippen MR) is 125 cm³/mol. The van der Waals surface area contributed by atoms with E-state index in [2.05, 4.69) is 47.6 Å². The van der Waals surface area contributed by atoms with Gasteiger partial charge in [-0.25, -0.2) is 19.3 Å². The Hall–Kier alpha value is -4.11. The van der Waals surface area contributed by atoms with Crippen LogP contribution in [0.2, 0.25) is 0 Å². The van der Waals surface area contributed by atoms with Gasteiger partial charge in [-0.2, -0.15) is 4.98 Å². The molecule has 8 nitrogen and oxygen atoms in total.